The second-order valence-corrected chi connectivity index (χ2v) is 7.27. The Morgan fingerprint density at radius 2 is 1.74 bits per heavy atom. The lowest BCUT2D eigenvalue weighted by atomic mass is 9.85. The van der Waals surface area contributed by atoms with Crippen LogP contribution >= 0.6 is 0 Å². The van der Waals surface area contributed by atoms with Crippen LogP contribution in [0.4, 0.5) is 0 Å². The van der Waals surface area contributed by atoms with Crippen LogP contribution in [0.3, 0.4) is 0 Å². The van der Waals surface area contributed by atoms with Crippen molar-refractivity contribution in [1.29, 1.82) is 0 Å². The first-order valence-corrected chi connectivity index (χ1v) is 7.85. The molecule has 1 heterocycles. The van der Waals surface area contributed by atoms with Crippen LogP contribution in [0.25, 0.3) is 0 Å². The molecular formula is C16H29NO2. The molecular weight excluding hydrogens is 238 g/mol. The van der Waals surface area contributed by atoms with Crippen molar-refractivity contribution in [3.8, 4) is 0 Å². The van der Waals surface area contributed by atoms with E-state index in [1.807, 2.05) is 20.8 Å². The highest BCUT2D eigenvalue weighted by molar-refractivity contribution is 5.73. The van der Waals surface area contributed by atoms with Gasteiger partial charge in [0.25, 0.3) is 0 Å². The summed E-state index contributed by atoms with van der Waals surface area (Å²) in [5, 5.41) is 0. The molecule has 3 heteroatoms. The molecule has 1 saturated heterocycles. The summed E-state index contributed by atoms with van der Waals surface area (Å²) in [6, 6.07) is 1.44. The van der Waals surface area contributed by atoms with Crippen LogP contribution in [-0.2, 0) is 9.53 Å². The standard InChI is InChI=1S/C16H29NO2/c1-12-6-5-11-17(12)14-9-7-13(8-10-14)15(18)19-16(2,3)4/h12-14H,5-11H2,1-4H3. The maximum atomic E-state index is 12.1. The predicted octanol–water partition coefficient (Wildman–Crippen LogP) is 3.37. The van der Waals surface area contributed by atoms with Crippen LogP contribution in [0.1, 0.15) is 66.2 Å². The highest BCUT2D eigenvalue weighted by atomic mass is 16.6. The average molecular weight is 267 g/mol. The molecule has 1 unspecified atom stereocenters. The number of nitrogens with zero attached hydrogens (tertiary/aromatic N) is 1. The predicted molar refractivity (Wildman–Crippen MR) is 77.0 cm³/mol. The molecule has 2 fully saturated rings. The molecule has 2 rings (SSSR count). The second kappa shape index (κ2) is 5.82. The maximum absolute atomic E-state index is 12.1. The number of carbonyl (C=O) groups is 1. The number of carbonyl (C=O) groups excluding carboxylic acids is 1. The van der Waals surface area contributed by atoms with Crippen LogP contribution in [0, 0.1) is 5.92 Å². The summed E-state index contributed by atoms with van der Waals surface area (Å²) in [6.45, 7) is 9.43. The Bertz CT molecular complexity index is 313. The van der Waals surface area contributed by atoms with Crippen molar-refractivity contribution in [2.24, 2.45) is 5.92 Å². The van der Waals surface area contributed by atoms with E-state index in [1.54, 1.807) is 0 Å². The molecule has 3 nitrogen and oxygen atoms in total. The molecule has 0 amide bonds. The Kier molecular flexibility index (Phi) is 4.54. The lowest BCUT2D eigenvalue weighted by molar-refractivity contribution is -0.161. The van der Waals surface area contributed by atoms with Crippen LogP contribution in [0.5, 0.6) is 0 Å². The SMILES string of the molecule is CC1CCCN1C1CCC(C(=O)OC(C)(C)C)CC1. The Morgan fingerprint density at radius 3 is 2.21 bits per heavy atom. The molecule has 110 valence electrons. The topological polar surface area (TPSA) is 29.5 Å². The molecule has 2 aliphatic rings. The van der Waals surface area contributed by atoms with Crippen molar-refractivity contribution in [1.82, 2.24) is 4.90 Å². The fraction of sp³-hybridized carbons (Fsp3) is 0.938. The van der Waals surface area contributed by atoms with E-state index in [0.717, 1.165) is 31.7 Å². The van der Waals surface area contributed by atoms with E-state index in [2.05, 4.69) is 11.8 Å². The molecule has 0 aromatic carbocycles. The fourth-order valence-corrected chi connectivity index (χ4v) is 3.53. The first kappa shape index (κ1) is 14.8. The van der Waals surface area contributed by atoms with Crippen molar-refractivity contribution in [2.45, 2.75) is 83.9 Å². The van der Waals surface area contributed by atoms with Gasteiger partial charge in [0, 0.05) is 12.1 Å². The van der Waals surface area contributed by atoms with Gasteiger partial charge in [-0.15, -0.1) is 0 Å². The molecule has 19 heavy (non-hydrogen) atoms. The summed E-state index contributed by atoms with van der Waals surface area (Å²) >= 11 is 0. The van der Waals surface area contributed by atoms with Crippen molar-refractivity contribution >= 4 is 5.97 Å². The first-order chi connectivity index (χ1) is 8.87. The van der Waals surface area contributed by atoms with Crippen molar-refractivity contribution in [3.05, 3.63) is 0 Å². The van der Waals surface area contributed by atoms with Gasteiger partial charge in [-0.1, -0.05) is 0 Å². The molecule has 0 aromatic rings. The van der Waals surface area contributed by atoms with E-state index in [4.69, 9.17) is 4.74 Å². The number of likely N-dealkylation sites (tertiary alicyclic amines) is 1. The quantitative estimate of drug-likeness (QED) is 0.718. The van der Waals surface area contributed by atoms with E-state index in [0.29, 0.717) is 6.04 Å². The molecule has 0 radical (unpaired) electrons. The Hall–Kier alpha value is -0.570. The molecule has 0 bridgehead atoms. The molecule has 0 spiro atoms. The van der Waals surface area contributed by atoms with Crippen LogP contribution in [0.2, 0.25) is 0 Å². The van der Waals surface area contributed by atoms with Gasteiger partial charge >= 0.3 is 5.97 Å². The van der Waals surface area contributed by atoms with Gasteiger partial charge < -0.3 is 4.74 Å². The van der Waals surface area contributed by atoms with E-state index in [9.17, 15) is 4.79 Å². The van der Waals surface area contributed by atoms with Crippen LogP contribution in [-0.4, -0.2) is 35.1 Å². The number of esters is 1. The summed E-state index contributed by atoms with van der Waals surface area (Å²) in [5.74, 6) is 0.147. The van der Waals surface area contributed by atoms with Crippen molar-refractivity contribution in [3.63, 3.8) is 0 Å². The van der Waals surface area contributed by atoms with Gasteiger partial charge in [-0.05, 0) is 72.8 Å². The minimum absolute atomic E-state index is 0.0143. The normalized spacial score (nSPS) is 33.4. The lowest BCUT2D eigenvalue weighted by Crippen LogP contribution is -2.41. The van der Waals surface area contributed by atoms with E-state index >= 15 is 0 Å². The van der Waals surface area contributed by atoms with Crippen molar-refractivity contribution in [2.75, 3.05) is 6.54 Å². The number of hydrogen-bond donors (Lipinski definition) is 0. The monoisotopic (exact) mass is 267 g/mol. The molecule has 0 N–H and O–H groups in total. The first-order valence-electron chi connectivity index (χ1n) is 7.85. The summed E-state index contributed by atoms with van der Waals surface area (Å²) in [4.78, 5) is 14.7. The highest BCUT2D eigenvalue weighted by Gasteiger charge is 2.34. The number of rotatable bonds is 2. The van der Waals surface area contributed by atoms with Gasteiger partial charge in [-0.3, -0.25) is 9.69 Å². The van der Waals surface area contributed by atoms with E-state index < -0.39 is 0 Å². The van der Waals surface area contributed by atoms with Gasteiger partial charge in [-0.25, -0.2) is 0 Å². The minimum Gasteiger partial charge on any atom is -0.460 e. The third kappa shape index (κ3) is 3.95. The Balaban J connectivity index is 1.80. The van der Waals surface area contributed by atoms with Crippen molar-refractivity contribution < 1.29 is 9.53 Å². The Morgan fingerprint density at radius 1 is 1.11 bits per heavy atom. The van der Waals surface area contributed by atoms with E-state index in [-0.39, 0.29) is 17.5 Å². The van der Waals surface area contributed by atoms with Crippen LogP contribution in [0.15, 0.2) is 0 Å². The molecule has 1 aliphatic carbocycles. The highest BCUT2D eigenvalue weighted by Crippen LogP contribution is 2.32. The fourth-order valence-electron chi connectivity index (χ4n) is 3.53. The third-order valence-electron chi connectivity index (χ3n) is 4.51. The Labute approximate surface area is 117 Å². The molecule has 1 aliphatic heterocycles. The summed E-state index contributed by atoms with van der Waals surface area (Å²) in [7, 11) is 0. The van der Waals surface area contributed by atoms with E-state index in [1.165, 1.54) is 19.4 Å². The van der Waals surface area contributed by atoms with Gasteiger partial charge in [0.1, 0.15) is 5.60 Å². The molecule has 1 saturated carbocycles. The molecule has 1 atom stereocenters. The average Bonchev–Trinajstić information content (AvgIpc) is 2.73. The van der Waals surface area contributed by atoms with Gasteiger partial charge in [0.15, 0.2) is 0 Å². The zero-order valence-electron chi connectivity index (χ0n) is 12.9. The second-order valence-electron chi connectivity index (χ2n) is 7.27. The summed E-state index contributed by atoms with van der Waals surface area (Å²) in [5.41, 5.74) is -0.350. The number of hydrogen-bond acceptors (Lipinski definition) is 3. The molecule has 0 aromatic heterocycles. The lowest BCUT2D eigenvalue weighted by Gasteiger charge is -2.36. The van der Waals surface area contributed by atoms with Gasteiger partial charge in [-0.2, -0.15) is 0 Å². The van der Waals surface area contributed by atoms with Gasteiger partial charge in [0.05, 0.1) is 5.92 Å². The van der Waals surface area contributed by atoms with Crippen LogP contribution < -0.4 is 0 Å². The zero-order chi connectivity index (χ0) is 14.0. The summed E-state index contributed by atoms with van der Waals surface area (Å²) in [6.07, 6.45) is 7.01. The zero-order valence-corrected chi connectivity index (χ0v) is 12.9. The number of ether oxygens (including phenoxy) is 1. The maximum Gasteiger partial charge on any atom is 0.309 e. The smallest absolute Gasteiger partial charge is 0.309 e. The van der Waals surface area contributed by atoms with Gasteiger partial charge in [0.2, 0.25) is 0 Å². The summed E-state index contributed by atoms with van der Waals surface area (Å²) < 4.78 is 5.51. The minimum atomic E-state index is -0.350. The third-order valence-corrected chi connectivity index (χ3v) is 4.51. The largest absolute Gasteiger partial charge is 0.460 e.